The maximum absolute atomic E-state index is 15.1. The van der Waals surface area contributed by atoms with Crippen LogP contribution in [-0.4, -0.2) is 23.3 Å². The van der Waals surface area contributed by atoms with Crippen molar-refractivity contribution < 1.29 is 52.7 Å². The summed E-state index contributed by atoms with van der Waals surface area (Å²) in [6.07, 6.45) is -18.7. The normalized spacial score (nSPS) is 15.7. The average Bonchev–Trinajstić information content (AvgIpc) is 2.58. The molecule has 2 rings (SSSR count). The molecule has 0 radical (unpaired) electrons. The first-order chi connectivity index (χ1) is 13.8. The van der Waals surface area contributed by atoms with Gasteiger partial charge in [0.05, 0.1) is 5.56 Å². The molecule has 1 heterocycles. The van der Waals surface area contributed by atoms with Gasteiger partial charge in [0.25, 0.3) is 0 Å². The van der Waals surface area contributed by atoms with E-state index in [4.69, 9.17) is 11.6 Å². The van der Waals surface area contributed by atoms with Crippen molar-refractivity contribution >= 4 is 34.2 Å². The lowest BCUT2D eigenvalue weighted by atomic mass is 9.82. The van der Waals surface area contributed by atoms with Crippen LogP contribution in [0.1, 0.15) is 11.1 Å². The molecule has 0 fully saturated rings. The molecular formula is C16H5ClF12IN. The molecule has 172 valence electrons. The minimum Gasteiger partial charge on any atom is -0.244 e. The van der Waals surface area contributed by atoms with Crippen molar-refractivity contribution in [2.75, 3.05) is 0 Å². The number of hydrogen-bond acceptors (Lipinski definition) is 1. The number of hydrogen-bond donors (Lipinski definition) is 0. The van der Waals surface area contributed by atoms with E-state index in [1.807, 2.05) is 0 Å². The molecule has 0 aliphatic carbocycles. The fourth-order valence-corrected chi connectivity index (χ4v) is 3.71. The van der Waals surface area contributed by atoms with E-state index < -0.39 is 67.2 Å². The van der Waals surface area contributed by atoms with Crippen LogP contribution in [0.3, 0.4) is 0 Å². The molecule has 0 spiro atoms. The van der Waals surface area contributed by atoms with Crippen LogP contribution in [0.4, 0.5) is 52.7 Å². The monoisotopic (exact) mass is 601 g/mol. The van der Waals surface area contributed by atoms with Crippen LogP contribution in [0.2, 0.25) is 5.15 Å². The second kappa shape index (κ2) is 7.85. The molecule has 1 aromatic heterocycles. The number of pyridine rings is 1. The predicted octanol–water partition coefficient (Wildman–Crippen LogP) is 7.95. The Labute approximate surface area is 183 Å². The second-order valence-corrected chi connectivity index (χ2v) is 7.47. The molecule has 0 bridgehead atoms. The largest absolute Gasteiger partial charge is 0.457 e. The van der Waals surface area contributed by atoms with Gasteiger partial charge in [-0.2, -0.15) is 48.3 Å². The summed E-state index contributed by atoms with van der Waals surface area (Å²) in [5.74, 6) is -7.17. The molecule has 15 heteroatoms. The first-order valence-electron chi connectivity index (χ1n) is 7.49. The summed E-state index contributed by atoms with van der Waals surface area (Å²) < 4.78 is 160. The molecule has 1 unspecified atom stereocenters. The van der Waals surface area contributed by atoms with Gasteiger partial charge in [-0.25, -0.2) is 9.37 Å². The maximum Gasteiger partial charge on any atom is 0.457 e. The SMILES string of the molecule is FC(F)(F)c1cc(I)c(-c2cccnc2Cl)c(C(F)(C(F)(F)F)C(F)(F)C(F)(F)F)c1. The number of aromatic nitrogens is 1. The molecule has 0 aliphatic rings. The van der Waals surface area contributed by atoms with Gasteiger partial charge in [-0.05, 0) is 46.9 Å². The highest BCUT2D eigenvalue weighted by Gasteiger charge is 2.82. The fraction of sp³-hybridized carbons (Fsp3) is 0.312. The van der Waals surface area contributed by atoms with Gasteiger partial charge in [-0.15, -0.1) is 0 Å². The third kappa shape index (κ3) is 4.28. The summed E-state index contributed by atoms with van der Waals surface area (Å²) >= 11 is 6.59. The van der Waals surface area contributed by atoms with E-state index >= 15 is 4.39 Å². The number of halogens is 14. The van der Waals surface area contributed by atoms with E-state index in [9.17, 15) is 48.3 Å². The quantitative estimate of drug-likeness (QED) is 0.198. The fourth-order valence-electron chi connectivity index (χ4n) is 2.58. The Morgan fingerprint density at radius 2 is 1.35 bits per heavy atom. The molecule has 0 saturated heterocycles. The minimum absolute atomic E-state index is 0.144. The highest BCUT2D eigenvalue weighted by molar-refractivity contribution is 14.1. The van der Waals surface area contributed by atoms with Gasteiger partial charge >= 0.3 is 30.1 Å². The number of alkyl halides is 12. The Hall–Kier alpha value is -1.45. The van der Waals surface area contributed by atoms with Crippen LogP contribution < -0.4 is 0 Å². The molecular weight excluding hydrogens is 597 g/mol. The average molecular weight is 602 g/mol. The van der Waals surface area contributed by atoms with Crippen LogP contribution in [0, 0.1) is 3.57 Å². The Morgan fingerprint density at radius 1 is 0.806 bits per heavy atom. The summed E-state index contributed by atoms with van der Waals surface area (Å²) in [6.45, 7) is 0. The van der Waals surface area contributed by atoms with Crippen molar-refractivity contribution in [2.45, 2.75) is 30.1 Å². The summed E-state index contributed by atoms with van der Waals surface area (Å²) in [5.41, 5.74) is -13.4. The van der Waals surface area contributed by atoms with Crippen LogP contribution in [0.25, 0.3) is 11.1 Å². The third-order valence-electron chi connectivity index (χ3n) is 4.00. The number of nitrogens with zero attached hydrogens (tertiary/aromatic N) is 1. The molecule has 0 saturated carbocycles. The lowest BCUT2D eigenvalue weighted by Crippen LogP contribution is -2.60. The summed E-state index contributed by atoms with van der Waals surface area (Å²) in [6, 6.07) is 1.12. The maximum atomic E-state index is 15.1. The van der Waals surface area contributed by atoms with E-state index in [2.05, 4.69) is 4.98 Å². The van der Waals surface area contributed by atoms with E-state index in [1.54, 1.807) is 0 Å². The van der Waals surface area contributed by atoms with Crippen LogP contribution >= 0.6 is 34.2 Å². The zero-order valence-electron chi connectivity index (χ0n) is 14.1. The molecule has 31 heavy (non-hydrogen) atoms. The van der Waals surface area contributed by atoms with E-state index in [0.29, 0.717) is 0 Å². The Kier molecular flexibility index (Phi) is 6.53. The van der Waals surface area contributed by atoms with Crippen molar-refractivity contribution in [3.8, 4) is 11.1 Å². The third-order valence-corrected chi connectivity index (χ3v) is 5.15. The first-order valence-corrected chi connectivity index (χ1v) is 8.94. The van der Waals surface area contributed by atoms with Gasteiger partial charge in [0.2, 0.25) is 0 Å². The van der Waals surface area contributed by atoms with Crippen molar-refractivity contribution in [2.24, 2.45) is 0 Å². The zero-order valence-corrected chi connectivity index (χ0v) is 17.0. The van der Waals surface area contributed by atoms with Crippen molar-refractivity contribution in [3.05, 3.63) is 50.3 Å². The van der Waals surface area contributed by atoms with Crippen LogP contribution in [0.5, 0.6) is 0 Å². The Morgan fingerprint density at radius 3 is 1.77 bits per heavy atom. The van der Waals surface area contributed by atoms with Gasteiger partial charge < -0.3 is 0 Å². The highest BCUT2D eigenvalue weighted by atomic mass is 127. The number of rotatable bonds is 3. The van der Waals surface area contributed by atoms with Gasteiger partial charge in [0, 0.05) is 26.5 Å². The van der Waals surface area contributed by atoms with Crippen molar-refractivity contribution in [1.29, 1.82) is 0 Å². The van der Waals surface area contributed by atoms with E-state index in [0.717, 1.165) is 40.9 Å². The van der Waals surface area contributed by atoms with Crippen molar-refractivity contribution in [1.82, 2.24) is 4.98 Å². The van der Waals surface area contributed by atoms with Crippen LogP contribution in [0.15, 0.2) is 30.5 Å². The molecule has 0 aliphatic heterocycles. The summed E-state index contributed by atoms with van der Waals surface area (Å²) in [7, 11) is 0. The van der Waals surface area contributed by atoms with Crippen LogP contribution in [-0.2, 0) is 11.8 Å². The number of benzene rings is 1. The Balaban J connectivity index is 3.14. The van der Waals surface area contributed by atoms with Gasteiger partial charge in [0.1, 0.15) is 5.15 Å². The molecule has 2 aromatic rings. The molecule has 0 amide bonds. The second-order valence-electron chi connectivity index (χ2n) is 5.95. The van der Waals surface area contributed by atoms with Crippen molar-refractivity contribution in [3.63, 3.8) is 0 Å². The summed E-state index contributed by atoms with van der Waals surface area (Å²) in [5, 5.41) is -0.777. The smallest absolute Gasteiger partial charge is 0.244 e. The summed E-state index contributed by atoms with van der Waals surface area (Å²) in [4.78, 5) is 3.39. The Bertz CT molecular complexity index is 982. The first kappa shape index (κ1) is 25.8. The molecule has 0 N–H and O–H groups in total. The predicted molar refractivity (Wildman–Crippen MR) is 92.2 cm³/mol. The molecule has 1 nitrogen and oxygen atoms in total. The molecule has 1 atom stereocenters. The minimum atomic E-state index is -7.17. The van der Waals surface area contributed by atoms with E-state index in [1.165, 1.54) is 0 Å². The zero-order chi connectivity index (χ0) is 24.2. The highest BCUT2D eigenvalue weighted by Crippen LogP contribution is 2.60. The topological polar surface area (TPSA) is 12.9 Å². The lowest BCUT2D eigenvalue weighted by Gasteiger charge is -2.37. The molecule has 1 aromatic carbocycles. The van der Waals surface area contributed by atoms with Gasteiger partial charge in [-0.3, -0.25) is 0 Å². The van der Waals surface area contributed by atoms with E-state index in [-0.39, 0.29) is 6.07 Å². The van der Waals surface area contributed by atoms with Gasteiger partial charge in [-0.1, -0.05) is 11.6 Å². The lowest BCUT2D eigenvalue weighted by molar-refractivity contribution is -0.389. The van der Waals surface area contributed by atoms with Gasteiger partial charge in [0.15, 0.2) is 0 Å². The standard InChI is InChI=1S/C16H5ClF12IN/c17-11-7(2-1-3-31-11)10-8(4-6(5-9(10)30)13(19,20)21)12(18,15(24,25)26)14(22,23)16(27,28)29/h1-5H.